The Morgan fingerprint density at radius 1 is 1.41 bits per heavy atom. The van der Waals surface area contributed by atoms with Crippen LogP contribution in [0, 0.1) is 0 Å². The molecule has 2 heterocycles. The Balaban J connectivity index is 1.76. The summed E-state index contributed by atoms with van der Waals surface area (Å²) in [5.74, 6) is 0.977. The molecule has 17 heavy (non-hydrogen) atoms. The topological polar surface area (TPSA) is 60.6 Å². The van der Waals surface area contributed by atoms with E-state index in [0.717, 1.165) is 25.5 Å². The van der Waals surface area contributed by atoms with Gasteiger partial charge in [-0.1, -0.05) is 0 Å². The molecule has 0 amide bonds. The molecular weight excluding hydrogens is 216 g/mol. The highest BCUT2D eigenvalue weighted by Crippen LogP contribution is 2.04. The van der Waals surface area contributed by atoms with Crippen molar-refractivity contribution in [3.63, 3.8) is 0 Å². The summed E-state index contributed by atoms with van der Waals surface area (Å²) in [5, 5.41) is 7.54. The van der Waals surface area contributed by atoms with Gasteiger partial charge in [-0.15, -0.1) is 0 Å². The second kappa shape index (κ2) is 5.58. The van der Waals surface area contributed by atoms with Crippen molar-refractivity contribution in [2.24, 2.45) is 0 Å². The number of imidazole rings is 1. The second-order valence-corrected chi connectivity index (χ2v) is 4.19. The molecule has 0 aromatic carbocycles. The van der Waals surface area contributed by atoms with E-state index >= 15 is 0 Å². The number of aromatic nitrogens is 5. The van der Waals surface area contributed by atoms with Crippen molar-refractivity contribution in [3.05, 3.63) is 30.9 Å². The highest BCUT2D eigenvalue weighted by Gasteiger charge is 2.06. The van der Waals surface area contributed by atoms with Gasteiger partial charge in [-0.25, -0.2) is 14.6 Å². The molecule has 0 atom stereocenters. The van der Waals surface area contributed by atoms with Crippen LogP contribution in [0.2, 0.25) is 0 Å². The minimum atomic E-state index is 0.350. The maximum atomic E-state index is 4.24. The summed E-state index contributed by atoms with van der Waals surface area (Å²) >= 11 is 0. The zero-order valence-corrected chi connectivity index (χ0v) is 10.2. The standard InChI is InChI=1S/C11H18N6/c1-10(2)17-11(14-8-15-17)7-12-3-5-16-6-4-13-9-16/h4,6,8-10,12H,3,5,7H2,1-2H3. The molecule has 2 aromatic heterocycles. The molecule has 0 saturated carbocycles. The van der Waals surface area contributed by atoms with E-state index in [1.165, 1.54) is 0 Å². The summed E-state index contributed by atoms with van der Waals surface area (Å²) < 4.78 is 3.98. The first-order chi connectivity index (χ1) is 8.27. The minimum absolute atomic E-state index is 0.350. The Hall–Kier alpha value is -1.69. The Morgan fingerprint density at radius 3 is 3.00 bits per heavy atom. The van der Waals surface area contributed by atoms with Crippen LogP contribution in [0.25, 0.3) is 0 Å². The lowest BCUT2D eigenvalue weighted by atomic mass is 10.4. The van der Waals surface area contributed by atoms with Gasteiger partial charge < -0.3 is 9.88 Å². The lowest BCUT2D eigenvalue weighted by Gasteiger charge is -2.10. The maximum absolute atomic E-state index is 4.24. The van der Waals surface area contributed by atoms with Crippen LogP contribution in [0.3, 0.4) is 0 Å². The van der Waals surface area contributed by atoms with Crippen molar-refractivity contribution in [1.29, 1.82) is 0 Å². The van der Waals surface area contributed by atoms with Gasteiger partial charge >= 0.3 is 0 Å². The van der Waals surface area contributed by atoms with Crippen molar-refractivity contribution < 1.29 is 0 Å². The Labute approximate surface area is 101 Å². The van der Waals surface area contributed by atoms with Crippen molar-refractivity contribution in [2.45, 2.75) is 33.0 Å². The van der Waals surface area contributed by atoms with Crippen LogP contribution >= 0.6 is 0 Å². The fourth-order valence-electron chi connectivity index (χ4n) is 1.66. The van der Waals surface area contributed by atoms with Gasteiger partial charge in [0.25, 0.3) is 0 Å². The molecule has 0 saturated heterocycles. The normalized spacial score (nSPS) is 11.2. The van der Waals surface area contributed by atoms with E-state index in [1.54, 1.807) is 12.5 Å². The third kappa shape index (κ3) is 3.13. The molecule has 2 rings (SSSR count). The monoisotopic (exact) mass is 234 g/mol. The molecule has 0 radical (unpaired) electrons. The van der Waals surface area contributed by atoms with Gasteiger partial charge in [-0.3, -0.25) is 0 Å². The molecule has 0 aliphatic carbocycles. The van der Waals surface area contributed by atoms with E-state index in [2.05, 4.69) is 34.2 Å². The smallest absolute Gasteiger partial charge is 0.141 e. The Morgan fingerprint density at radius 2 is 2.29 bits per heavy atom. The van der Waals surface area contributed by atoms with Gasteiger partial charge in [-0.05, 0) is 13.8 Å². The number of rotatable bonds is 6. The molecule has 0 bridgehead atoms. The quantitative estimate of drug-likeness (QED) is 0.753. The molecule has 1 N–H and O–H groups in total. The lowest BCUT2D eigenvalue weighted by Crippen LogP contribution is -2.22. The molecule has 0 spiro atoms. The maximum Gasteiger partial charge on any atom is 0.141 e. The van der Waals surface area contributed by atoms with Crippen LogP contribution < -0.4 is 5.32 Å². The molecule has 2 aromatic rings. The Bertz CT molecular complexity index is 431. The molecule has 0 fully saturated rings. The fraction of sp³-hybridized carbons (Fsp3) is 0.545. The van der Waals surface area contributed by atoms with Gasteiger partial charge in [0.15, 0.2) is 0 Å². The predicted octanol–water partition coefficient (Wildman–Crippen LogP) is 0.845. The second-order valence-electron chi connectivity index (χ2n) is 4.19. The molecule has 92 valence electrons. The van der Waals surface area contributed by atoms with Gasteiger partial charge in [-0.2, -0.15) is 5.10 Å². The predicted molar refractivity (Wildman–Crippen MR) is 64.3 cm³/mol. The number of hydrogen-bond acceptors (Lipinski definition) is 4. The molecule has 6 heteroatoms. The zero-order valence-electron chi connectivity index (χ0n) is 10.2. The number of nitrogens with zero attached hydrogens (tertiary/aromatic N) is 5. The van der Waals surface area contributed by atoms with Crippen LogP contribution in [0.5, 0.6) is 0 Å². The van der Waals surface area contributed by atoms with Gasteiger partial charge in [0.1, 0.15) is 12.2 Å². The Kier molecular flexibility index (Phi) is 3.87. The summed E-state index contributed by atoms with van der Waals surface area (Å²) in [7, 11) is 0. The minimum Gasteiger partial charge on any atom is -0.336 e. The van der Waals surface area contributed by atoms with E-state index < -0.39 is 0 Å². The van der Waals surface area contributed by atoms with Crippen molar-refractivity contribution in [3.8, 4) is 0 Å². The summed E-state index contributed by atoms with van der Waals surface area (Å²) in [6.07, 6.45) is 7.17. The third-order valence-electron chi connectivity index (χ3n) is 2.53. The lowest BCUT2D eigenvalue weighted by molar-refractivity contribution is 0.485. The van der Waals surface area contributed by atoms with E-state index in [-0.39, 0.29) is 0 Å². The van der Waals surface area contributed by atoms with Crippen LogP contribution in [0.4, 0.5) is 0 Å². The fourth-order valence-corrected chi connectivity index (χ4v) is 1.66. The van der Waals surface area contributed by atoms with Crippen LogP contribution in [0.15, 0.2) is 25.0 Å². The van der Waals surface area contributed by atoms with Gasteiger partial charge in [0.2, 0.25) is 0 Å². The zero-order chi connectivity index (χ0) is 12.1. The highest BCUT2D eigenvalue weighted by molar-refractivity contribution is 4.85. The van der Waals surface area contributed by atoms with Gasteiger partial charge in [0, 0.05) is 31.5 Å². The summed E-state index contributed by atoms with van der Waals surface area (Å²) in [6.45, 7) is 6.75. The molecule has 0 aliphatic rings. The van der Waals surface area contributed by atoms with E-state index in [0.29, 0.717) is 6.04 Å². The summed E-state index contributed by atoms with van der Waals surface area (Å²) in [6, 6.07) is 0.350. The SMILES string of the molecule is CC(C)n1ncnc1CNCCn1ccnc1. The molecule has 0 unspecified atom stereocenters. The van der Waals surface area contributed by atoms with Crippen LogP contribution in [-0.2, 0) is 13.1 Å². The highest BCUT2D eigenvalue weighted by atomic mass is 15.4. The van der Waals surface area contributed by atoms with Crippen LogP contribution in [0.1, 0.15) is 25.7 Å². The average Bonchev–Trinajstić information content (AvgIpc) is 2.95. The first kappa shape index (κ1) is 11.8. The largest absolute Gasteiger partial charge is 0.336 e. The summed E-state index contributed by atoms with van der Waals surface area (Å²) in [4.78, 5) is 8.24. The molecule has 6 nitrogen and oxygen atoms in total. The molecular formula is C11H18N6. The van der Waals surface area contributed by atoms with E-state index in [4.69, 9.17) is 0 Å². The van der Waals surface area contributed by atoms with Crippen molar-refractivity contribution >= 4 is 0 Å². The van der Waals surface area contributed by atoms with Crippen molar-refractivity contribution in [1.82, 2.24) is 29.6 Å². The van der Waals surface area contributed by atoms with E-state index in [1.807, 2.05) is 21.8 Å². The first-order valence-electron chi connectivity index (χ1n) is 5.82. The third-order valence-corrected chi connectivity index (χ3v) is 2.53. The van der Waals surface area contributed by atoms with Crippen LogP contribution in [-0.4, -0.2) is 30.9 Å². The summed E-state index contributed by atoms with van der Waals surface area (Å²) in [5.41, 5.74) is 0. The average molecular weight is 234 g/mol. The number of hydrogen-bond donors (Lipinski definition) is 1. The molecule has 0 aliphatic heterocycles. The van der Waals surface area contributed by atoms with Crippen molar-refractivity contribution in [2.75, 3.05) is 6.54 Å². The van der Waals surface area contributed by atoms with Gasteiger partial charge in [0.05, 0.1) is 12.9 Å². The number of nitrogens with one attached hydrogen (secondary N) is 1. The first-order valence-corrected chi connectivity index (χ1v) is 5.82. The van der Waals surface area contributed by atoms with E-state index in [9.17, 15) is 0 Å².